The van der Waals surface area contributed by atoms with Gasteiger partial charge in [0.1, 0.15) is 12.3 Å². The highest BCUT2D eigenvalue weighted by molar-refractivity contribution is 5.99. The van der Waals surface area contributed by atoms with Gasteiger partial charge in [-0.3, -0.25) is 14.4 Å². The third kappa shape index (κ3) is 5.95. The fraction of sp³-hybridized carbons (Fsp3) is 0.160. The first-order valence-corrected chi connectivity index (χ1v) is 10.0. The van der Waals surface area contributed by atoms with E-state index in [0.717, 1.165) is 11.1 Å². The summed E-state index contributed by atoms with van der Waals surface area (Å²) in [5.74, 6) is -0.998. The molecule has 0 spiro atoms. The van der Waals surface area contributed by atoms with E-state index in [1.807, 2.05) is 48.5 Å². The van der Waals surface area contributed by atoms with Crippen LogP contribution in [0.15, 0.2) is 78.9 Å². The number of para-hydroxylation sites is 1. The Labute approximate surface area is 186 Å². The summed E-state index contributed by atoms with van der Waals surface area (Å²) in [6, 6.07) is 23.5. The molecule has 3 aromatic carbocycles. The zero-order valence-corrected chi connectivity index (χ0v) is 17.8. The van der Waals surface area contributed by atoms with Crippen molar-refractivity contribution in [3.8, 4) is 16.9 Å². The van der Waals surface area contributed by atoms with E-state index in [0.29, 0.717) is 17.0 Å². The Balaban J connectivity index is 1.53. The Morgan fingerprint density at radius 2 is 1.53 bits per heavy atom. The van der Waals surface area contributed by atoms with Crippen molar-refractivity contribution in [1.82, 2.24) is 5.32 Å². The number of hydrogen-bond donors (Lipinski definition) is 2. The van der Waals surface area contributed by atoms with E-state index in [-0.39, 0.29) is 6.54 Å². The second kappa shape index (κ2) is 10.8. The van der Waals surface area contributed by atoms with Gasteiger partial charge in [0.25, 0.3) is 11.8 Å². The van der Waals surface area contributed by atoms with Crippen LogP contribution in [-0.4, -0.2) is 37.5 Å². The molecular weight excluding hydrogens is 408 g/mol. The molecule has 1 atom stereocenters. The monoisotopic (exact) mass is 432 g/mol. The lowest BCUT2D eigenvalue weighted by Crippen LogP contribution is -2.35. The first kappa shape index (κ1) is 22.6. The van der Waals surface area contributed by atoms with E-state index in [9.17, 15) is 14.4 Å². The largest absolute Gasteiger partial charge is 0.497 e. The van der Waals surface area contributed by atoms with Crippen LogP contribution in [0.3, 0.4) is 0 Å². The molecule has 32 heavy (non-hydrogen) atoms. The molecule has 2 N–H and O–H groups in total. The molecule has 2 amide bonds. The molecule has 0 heterocycles. The highest BCUT2D eigenvalue weighted by atomic mass is 16.5. The number of methoxy groups -OCH3 is 1. The summed E-state index contributed by atoms with van der Waals surface area (Å²) >= 11 is 0. The smallest absolute Gasteiger partial charge is 0.326 e. The summed E-state index contributed by atoms with van der Waals surface area (Å²) in [7, 11) is 1.53. The van der Waals surface area contributed by atoms with Crippen molar-refractivity contribution in [3.63, 3.8) is 0 Å². The Kier molecular flexibility index (Phi) is 7.59. The average molecular weight is 432 g/mol. The van der Waals surface area contributed by atoms with Gasteiger partial charge in [-0.25, -0.2) is 0 Å². The van der Waals surface area contributed by atoms with Crippen LogP contribution >= 0.6 is 0 Å². The number of hydrogen-bond acceptors (Lipinski definition) is 5. The van der Waals surface area contributed by atoms with Gasteiger partial charge >= 0.3 is 5.97 Å². The minimum atomic E-state index is -1.04. The number of anilines is 1. The number of carbonyl (C=O) groups is 3. The summed E-state index contributed by atoms with van der Waals surface area (Å²) < 4.78 is 10.2. The number of esters is 1. The molecule has 0 saturated carbocycles. The normalized spacial score (nSPS) is 11.2. The van der Waals surface area contributed by atoms with Gasteiger partial charge in [0.2, 0.25) is 0 Å². The van der Waals surface area contributed by atoms with E-state index in [2.05, 4.69) is 10.6 Å². The SMILES string of the molecule is COc1ccc(C(=O)NCC(=O)OC(C)C(=O)Nc2ccccc2-c2ccccc2)cc1. The predicted molar refractivity (Wildman–Crippen MR) is 121 cm³/mol. The second-order valence-electron chi connectivity index (χ2n) is 6.94. The summed E-state index contributed by atoms with van der Waals surface area (Å²) in [4.78, 5) is 36.8. The van der Waals surface area contributed by atoms with Crippen molar-refractivity contribution in [3.05, 3.63) is 84.4 Å². The maximum atomic E-state index is 12.6. The van der Waals surface area contributed by atoms with Crippen molar-refractivity contribution in [2.45, 2.75) is 13.0 Å². The lowest BCUT2D eigenvalue weighted by atomic mass is 10.0. The van der Waals surface area contributed by atoms with Crippen LogP contribution in [0.4, 0.5) is 5.69 Å². The van der Waals surface area contributed by atoms with Crippen LogP contribution in [0.5, 0.6) is 5.75 Å². The summed E-state index contributed by atoms with van der Waals surface area (Å²) in [5, 5.41) is 5.28. The van der Waals surface area contributed by atoms with Gasteiger partial charge in [-0.15, -0.1) is 0 Å². The van der Waals surface area contributed by atoms with Gasteiger partial charge in [-0.05, 0) is 42.8 Å². The number of ether oxygens (including phenoxy) is 2. The van der Waals surface area contributed by atoms with Gasteiger partial charge in [-0.2, -0.15) is 0 Å². The molecule has 3 rings (SSSR count). The van der Waals surface area contributed by atoms with E-state index < -0.39 is 23.9 Å². The molecular formula is C25H24N2O5. The van der Waals surface area contributed by atoms with Gasteiger partial charge in [-0.1, -0.05) is 48.5 Å². The zero-order chi connectivity index (χ0) is 22.9. The fourth-order valence-electron chi connectivity index (χ4n) is 2.99. The molecule has 3 aromatic rings. The number of amides is 2. The molecule has 0 fully saturated rings. The van der Waals surface area contributed by atoms with Gasteiger partial charge in [0.05, 0.1) is 7.11 Å². The van der Waals surface area contributed by atoms with Crippen molar-refractivity contribution < 1.29 is 23.9 Å². The molecule has 164 valence electrons. The van der Waals surface area contributed by atoms with Gasteiger partial charge < -0.3 is 20.1 Å². The third-order valence-electron chi connectivity index (χ3n) is 4.69. The molecule has 0 aromatic heterocycles. The van der Waals surface area contributed by atoms with Crippen molar-refractivity contribution in [1.29, 1.82) is 0 Å². The van der Waals surface area contributed by atoms with Gasteiger partial charge in [0.15, 0.2) is 6.10 Å². The fourth-order valence-corrected chi connectivity index (χ4v) is 2.99. The molecule has 0 bridgehead atoms. The molecule has 0 saturated heterocycles. The summed E-state index contributed by atoms with van der Waals surface area (Å²) in [5.41, 5.74) is 2.79. The van der Waals surface area contributed by atoms with E-state index in [1.54, 1.807) is 30.3 Å². The van der Waals surface area contributed by atoms with Crippen LogP contribution in [0.1, 0.15) is 17.3 Å². The van der Waals surface area contributed by atoms with Crippen LogP contribution in [0.2, 0.25) is 0 Å². The summed E-state index contributed by atoms with van der Waals surface area (Å²) in [6.45, 7) is 1.12. The van der Waals surface area contributed by atoms with Crippen LogP contribution in [0.25, 0.3) is 11.1 Å². The Morgan fingerprint density at radius 1 is 0.875 bits per heavy atom. The lowest BCUT2D eigenvalue weighted by Gasteiger charge is -2.16. The minimum absolute atomic E-state index is 0.358. The Bertz CT molecular complexity index is 1080. The minimum Gasteiger partial charge on any atom is -0.497 e. The molecule has 7 heteroatoms. The standard InChI is InChI=1S/C25H24N2O5/c1-17(32-23(28)16-26-25(30)19-12-14-20(31-2)15-13-19)24(29)27-22-11-7-6-10-21(22)18-8-4-3-5-9-18/h3-15,17H,16H2,1-2H3,(H,26,30)(H,27,29). The third-order valence-corrected chi connectivity index (χ3v) is 4.69. The van der Waals surface area contributed by atoms with Crippen LogP contribution in [-0.2, 0) is 14.3 Å². The average Bonchev–Trinajstić information content (AvgIpc) is 2.83. The van der Waals surface area contributed by atoms with E-state index in [1.165, 1.54) is 14.0 Å². The Hall–Kier alpha value is -4.13. The summed E-state index contributed by atoms with van der Waals surface area (Å²) in [6.07, 6.45) is -1.04. The molecule has 0 radical (unpaired) electrons. The van der Waals surface area contributed by atoms with Crippen LogP contribution in [0, 0.1) is 0 Å². The first-order valence-electron chi connectivity index (χ1n) is 10.0. The van der Waals surface area contributed by atoms with Crippen molar-refractivity contribution in [2.24, 2.45) is 0 Å². The topological polar surface area (TPSA) is 93.7 Å². The Morgan fingerprint density at radius 3 is 2.22 bits per heavy atom. The second-order valence-corrected chi connectivity index (χ2v) is 6.94. The highest BCUT2D eigenvalue weighted by Gasteiger charge is 2.19. The predicted octanol–water partition coefficient (Wildman–Crippen LogP) is 3.66. The molecule has 1 unspecified atom stereocenters. The van der Waals surface area contributed by atoms with Crippen molar-refractivity contribution in [2.75, 3.05) is 19.0 Å². The number of benzene rings is 3. The number of carbonyl (C=O) groups excluding carboxylic acids is 3. The van der Waals surface area contributed by atoms with Crippen molar-refractivity contribution >= 4 is 23.5 Å². The lowest BCUT2D eigenvalue weighted by molar-refractivity contribution is -0.152. The first-order chi connectivity index (χ1) is 15.5. The maximum Gasteiger partial charge on any atom is 0.326 e. The molecule has 0 aliphatic rings. The van der Waals surface area contributed by atoms with Crippen LogP contribution < -0.4 is 15.4 Å². The number of nitrogens with one attached hydrogen (secondary N) is 2. The molecule has 7 nitrogen and oxygen atoms in total. The highest BCUT2D eigenvalue weighted by Crippen LogP contribution is 2.27. The van der Waals surface area contributed by atoms with E-state index >= 15 is 0 Å². The van der Waals surface area contributed by atoms with Gasteiger partial charge in [0, 0.05) is 16.8 Å². The maximum absolute atomic E-state index is 12.6. The molecule has 0 aliphatic carbocycles. The zero-order valence-electron chi connectivity index (χ0n) is 17.8. The number of rotatable bonds is 8. The molecule has 0 aliphatic heterocycles. The quantitative estimate of drug-likeness (QED) is 0.530. The van der Waals surface area contributed by atoms with E-state index in [4.69, 9.17) is 9.47 Å².